The lowest BCUT2D eigenvalue weighted by atomic mass is 10.3. The van der Waals surface area contributed by atoms with Crippen LogP contribution in [0, 0.1) is 0 Å². The fourth-order valence-electron chi connectivity index (χ4n) is 5.44. The number of rotatable bonds is 16. The minimum atomic E-state index is -3.36. The molecule has 8 nitrogen and oxygen atoms in total. The van der Waals surface area contributed by atoms with E-state index in [1.165, 1.54) is 0 Å². The van der Waals surface area contributed by atoms with Crippen LogP contribution in [0.15, 0.2) is 212 Å². The monoisotopic (exact) mass is 796 g/mol. The van der Waals surface area contributed by atoms with Crippen molar-refractivity contribution < 1.29 is 35.1 Å². The predicted octanol–water partition coefficient (Wildman–Crippen LogP) is 11.2. The molecule has 0 aliphatic rings. The summed E-state index contributed by atoms with van der Waals surface area (Å²) in [5.41, 5.74) is 0. The van der Waals surface area contributed by atoms with Crippen LogP contribution < -0.4 is 31.0 Å². The summed E-state index contributed by atoms with van der Waals surface area (Å²) in [5.74, 6) is 4.80. The average Bonchev–Trinajstić information content (AvgIpc) is 3.20. The molecule has 0 aromatic heterocycles. The van der Waals surface area contributed by atoms with Crippen molar-refractivity contribution in [3.05, 3.63) is 212 Å². The summed E-state index contributed by atoms with van der Waals surface area (Å²) in [5, 5.41) is 0. The molecule has 0 bridgehead atoms. The first-order chi connectivity index (χ1) is 27.3. The Bertz CT molecular complexity index is 1860. The van der Waals surface area contributed by atoms with Crippen LogP contribution in [0.4, 0.5) is 0 Å². The van der Waals surface area contributed by atoms with Gasteiger partial charge in [-0.25, -0.2) is 0 Å². The molecule has 0 fully saturated rings. The molecule has 0 amide bonds. The van der Waals surface area contributed by atoms with E-state index in [0.717, 1.165) is 17.2 Å². The second-order valence-electron chi connectivity index (χ2n) is 12.6. The van der Waals surface area contributed by atoms with Crippen molar-refractivity contribution in [1.82, 2.24) is 0 Å². The van der Waals surface area contributed by atoms with Crippen molar-refractivity contribution in [3.63, 3.8) is 0 Å². The summed E-state index contributed by atoms with van der Waals surface area (Å²) in [6, 6.07) is 66.7. The third-order valence-electron chi connectivity index (χ3n) is 7.70. The maximum absolute atomic E-state index is 6.63. The zero-order valence-corrected chi connectivity index (χ0v) is 34.5. The van der Waals surface area contributed by atoms with Crippen LogP contribution in [0.25, 0.3) is 0 Å². The van der Waals surface area contributed by atoms with Gasteiger partial charge in [-0.2, -0.15) is 0 Å². The Balaban J connectivity index is 0.000000202. The summed E-state index contributed by atoms with van der Waals surface area (Å²) in [6.45, 7) is 5.59. The van der Waals surface area contributed by atoms with Gasteiger partial charge in [0, 0.05) is 19.6 Å². The Morgan fingerprint density at radius 2 is 0.357 bits per heavy atom. The summed E-state index contributed by atoms with van der Waals surface area (Å²) >= 11 is 0. The minimum absolute atomic E-state index is 0.651. The van der Waals surface area contributed by atoms with Crippen molar-refractivity contribution in [1.29, 1.82) is 0 Å². The summed E-state index contributed by atoms with van der Waals surface area (Å²) in [4.78, 5) is 0. The van der Waals surface area contributed by atoms with Crippen molar-refractivity contribution in [3.8, 4) is 40.2 Å². The Hall–Kier alpha value is -6.25. The van der Waals surface area contributed by atoms with Gasteiger partial charge in [-0.3, -0.25) is 0 Å². The van der Waals surface area contributed by atoms with Gasteiger partial charge < -0.3 is 35.1 Å². The molecule has 0 heterocycles. The SMILES string of the molecule is C[Si](Oc1ccccc1)(Oc1ccccc1)O[Si](C)(Oc1ccccc1)Oc1ccccc1.C[Si](Oc1ccccc1)(Oc1ccccc1)Oc1ccccc1. The molecule has 11 heteroatoms. The predicted molar refractivity (Wildman–Crippen MR) is 225 cm³/mol. The van der Waals surface area contributed by atoms with E-state index in [-0.39, 0.29) is 0 Å². The summed E-state index contributed by atoms with van der Waals surface area (Å²) in [6.07, 6.45) is 0. The van der Waals surface area contributed by atoms with Gasteiger partial charge in [0.1, 0.15) is 40.2 Å². The molecule has 0 aliphatic heterocycles. The maximum atomic E-state index is 6.63. The lowest BCUT2D eigenvalue weighted by Gasteiger charge is -2.34. The number of hydrogen-bond donors (Lipinski definition) is 0. The summed E-state index contributed by atoms with van der Waals surface area (Å²) < 4.78 is 50.3. The first kappa shape index (κ1) is 39.4. The van der Waals surface area contributed by atoms with Gasteiger partial charge in [0.05, 0.1) is 0 Å². The fraction of sp³-hybridized carbons (Fsp3) is 0.0667. The molecular weight excluding hydrogens is 753 g/mol. The number of para-hydroxylation sites is 7. The van der Waals surface area contributed by atoms with Crippen LogP contribution in [-0.2, 0) is 4.12 Å². The molecule has 0 saturated carbocycles. The van der Waals surface area contributed by atoms with Gasteiger partial charge in [-0.1, -0.05) is 127 Å². The highest BCUT2D eigenvalue weighted by Gasteiger charge is 2.54. The first-order valence-corrected chi connectivity index (χ1v) is 24.8. The van der Waals surface area contributed by atoms with E-state index in [1.54, 1.807) is 0 Å². The van der Waals surface area contributed by atoms with Gasteiger partial charge in [0.25, 0.3) is 0 Å². The number of hydrogen-bond acceptors (Lipinski definition) is 8. The molecule has 0 radical (unpaired) electrons. The van der Waals surface area contributed by atoms with Crippen molar-refractivity contribution in [2.45, 2.75) is 19.6 Å². The molecule has 284 valence electrons. The highest BCUT2D eigenvalue weighted by Crippen LogP contribution is 2.28. The van der Waals surface area contributed by atoms with Gasteiger partial charge in [0.2, 0.25) is 0 Å². The van der Waals surface area contributed by atoms with Gasteiger partial charge in [-0.15, -0.1) is 0 Å². The fourth-order valence-corrected chi connectivity index (χ4v) is 13.0. The Labute approximate surface area is 332 Å². The first-order valence-electron chi connectivity index (χ1n) is 18.1. The van der Waals surface area contributed by atoms with Crippen LogP contribution >= 0.6 is 0 Å². The molecule has 0 N–H and O–H groups in total. The lowest BCUT2D eigenvalue weighted by Crippen LogP contribution is -2.62. The average molecular weight is 797 g/mol. The second-order valence-corrected chi connectivity index (χ2v) is 20.0. The van der Waals surface area contributed by atoms with E-state index in [1.807, 2.05) is 232 Å². The zero-order valence-electron chi connectivity index (χ0n) is 31.5. The van der Waals surface area contributed by atoms with Crippen molar-refractivity contribution in [2.75, 3.05) is 0 Å². The quantitative estimate of drug-likeness (QED) is 0.0895. The third kappa shape index (κ3) is 12.7. The minimum Gasteiger partial charge on any atom is -0.493 e. The lowest BCUT2D eigenvalue weighted by molar-refractivity contribution is 0.191. The van der Waals surface area contributed by atoms with Crippen LogP contribution in [0.1, 0.15) is 0 Å². The van der Waals surface area contributed by atoms with E-state index < -0.39 is 26.4 Å². The zero-order chi connectivity index (χ0) is 38.9. The molecule has 0 atom stereocenters. The topological polar surface area (TPSA) is 73.8 Å². The molecule has 0 saturated heterocycles. The molecule has 7 rings (SSSR count). The van der Waals surface area contributed by atoms with Gasteiger partial charge in [0.15, 0.2) is 0 Å². The molecule has 0 unspecified atom stereocenters. The third-order valence-corrected chi connectivity index (χ3v) is 14.9. The highest BCUT2D eigenvalue weighted by molar-refractivity contribution is 6.75. The molecule has 0 aliphatic carbocycles. The molecule has 56 heavy (non-hydrogen) atoms. The molecule has 0 spiro atoms. The van der Waals surface area contributed by atoms with Gasteiger partial charge in [-0.05, 0) is 84.9 Å². The van der Waals surface area contributed by atoms with Crippen LogP contribution in [0.5, 0.6) is 40.2 Å². The molecular formula is C45H44O8Si3. The van der Waals surface area contributed by atoms with E-state index in [0.29, 0.717) is 23.0 Å². The van der Waals surface area contributed by atoms with E-state index >= 15 is 0 Å². The van der Waals surface area contributed by atoms with E-state index in [2.05, 4.69) is 0 Å². The largest absolute Gasteiger partial charge is 0.696 e. The highest BCUT2D eigenvalue weighted by atomic mass is 28.5. The van der Waals surface area contributed by atoms with E-state index in [9.17, 15) is 0 Å². The van der Waals surface area contributed by atoms with Crippen LogP contribution in [0.3, 0.4) is 0 Å². The number of benzene rings is 7. The summed E-state index contributed by atoms with van der Waals surface area (Å²) in [7, 11) is -9.70. The second kappa shape index (κ2) is 19.4. The van der Waals surface area contributed by atoms with Crippen LogP contribution in [-0.4, -0.2) is 26.4 Å². The Morgan fingerprint density at radius 3 is 0.518 bits per heavy atom. The normalized spacial score (nSPS) is 11.2. The standard InChI is InChI=1S/C26H26O5Si2.C19H18O3Si/c1-32(27-23-15-7-3-8-16-23,28-24-17-9-4-10-18-24)31-33(2,29-25-19-11-5-12-20-25)30-26-21-13-6-14-22-26;1-23(20-17-11-5-2-6-12-17,21-18-13-7-3-8-14-18)22-19-15-9-4-10-16-19/h3-22H,1-2H3;2-16H,1H3. The Kier molecular flexibility index (Phi) is 13.6. The van der Waals surface area contributed by atoms with Crippen LogP contribution in [0.2, 0.25) is 19.6 Å². The smallest absolute Gasteiger partial charge is 0.493 e. The molecule has 7 aromatic rings. The van der Waals surface area contributed by atoms with Gasteiger partial charge >= 0.3 is 26.4 Å². The van der Waals surface area contributed by atoms with E-state index in [4.69, 9.17) is 35.1 Å². The Morgan fingerprint density at radius 1 is 0.214 bits per heavy atom. The molecule has 7 aromatic carbocycles. The van der Waals surface area contributed by atoms with Crippen molar-refractivity contribution in [2.24, 2.45) is 0 Å². The maximum Gasteiger partial charge on any atom is 0.696 e. The van der Waals surface area contributed by atoms with Crippen molar-refractivity contribution >= 4 is 26.4 Å².